The zero-order valence-corrected chi connectivity index (χ0v) is 13.9. The highest BCUT2D eigenvalue weighted by Gasteiger charge is 2.53. The van der Waals surface area contributed by atoms with Crippen LogP contribution in [0.5, 0.6) is 0 Å². The summed E-state index contributed by atoms with van der Waals surface area (Å²) in [6, 6.07) is 5.20. The lowest BCUT2D eigenvalue weighted by Crippen LogP contribution is -2.44. The van der Waals surface area contributed by atoms with Crippen molar-refractivity contribution in [1.82, 2.24) is 5.32 Å². The number of benzene rings is 1. The second kappa shape index (κ2) is 5.24. The summed E-state index contributed by atoms with van der Waals surface area (Å²) in [4.78, 5) is 0. The highest BCUT2D eigenvalue weighted by molar-refractivity contribution is 6.31. The molecule has 1 aromatic carbocycles. The van der Waals surface area contributed by atoms with Gasteiger partial charge in [0.15, 0.2) is 0 Å². The summed E-state index contributed by atoms with van der Waals surface area (Å²) in [6.07, 6.45) is 4.80. The van der Waals surface area contributed by atoms with Crippen LogP contribution in [-0.2, 0) is 6.42 Å². The molecule has 0 amide bonds. The lowest BCUT2D eigenvalue weighted by molar-refractivity contribution is 0.222. The first-order valence-electron chi connectivity index (χ1n) is 7.96. The van der Waals surface area contributed by atoms with Crippen LogP contribution in [0.15, 0.2) is 18.2 Å². The Hall–Kier alpha value is -0.600. The number of rotatable bonds is 4. The predicted molar refractivity (Wildman–Crippen MR) is 86.1 cm³/mol. The molecule has 1 aromatic rings. The number of halogens is 2. The second-order valence-electron chi connectivity index (χ2n) is 8.16. The van der Waals surface area contributed by atoms with Crippen molar-refractivity contribution in [3.05, 3.63) is 34.6 Å². The molecule has 0 heterocycles. The van der Waals surface area contributed by atoms with Crippen molar-refractivity contribution in [2.24, 2.45) is 17.3 Å². The average molecular weight is 310 g/mol. The largest absolute Gasteiger partial charge is 0.312 e. The minimum atomic E-state index is -0.295. The van der Waals surface area contributed by atoms with Gasteiger partial charge in [-0.25, -0.2) is 4.39 Å². The van der Waals surface area contributed by atoms with Gasteiger partial charge in [0.25, 0.3) is 0 Å². The van der Waals surface area contributed by atoms with Gasteiger partial charge in [0.2, 0.25) is 0 Å². The predicted octanol–water partition coefficient (Wildman–Crippen LogP) is 4.83. The molecule has 2 saturated carbocycles. The van der Waals surface area contributed by atoms with Crippen LogP contribution in [0.4, 0.5) is 4.39 Å². The molecule has 0 radical (unpaired) electrons. The van der Waals surface area contributed by atoms with Gasteiger partial charge in [-0.15, -0.1) is 0 Å². The van der Waals surface area contributed by atoms with E-state index >= 15 is 0 Å². The first-order chi connectivity index (χ1) is 9.78. The lowest BCUT2D eigenvalue weighted by atomic mass is 9.77. The van der Waals surface area contributed by atoms with Crippen LogP contribution < -0.4 is 5.32 Å². The molecule has 2 unspecified atom stereocenters. The van der Waals surface area contributed by atoms with E-state index in [2.05, 4.69) is 26.1 Å². The van der Waals surface area contributed by atoms with Gasteiger partial charge in [0, 0.05) is 12.1 Å². The Morgan fingerprint density at radius 1 is 1.29 bits per heavy atom. The number of hydrogen-bond acceptors (Lipinski definition) is 1. The van der Waals surface area contributed by atoms with E-state index in [0.717, 1.165) is 30.4 Å². The Balaban J connectivity index is 1.78. The molecule has 21 heavy (non-hydrogen) atoms. The van der Waals surface area contributed by atoms with Crippen LogP contribution in [0, 0.1) is 23.1 Å². The van der Waals surface area contributed by atoms with E-state index < -0.39 is 0 Å². The van der Waals surface area contributed by atoms with Crippen molar-refractivity contribution in [2.45, 2.75) is 52.0 Å². The van der Waals surface area contributed by atoms with Crippen molar-refractivity contribution in [1.29, 1.82) is 0 Å². The molecule has 2 fully saturated rings. The Kier molecular flexibility index (Phi) is 3.82. The van der Waals surface area contributed by atoms with Crippen LogP contribution in [0.25, 0.3) is 0 Å². The normalized spacial score (nSPS) is 31.3. The van der Waals surface area contributed by atoms with Gasteiger partial charge in [-0.1, -0.05) is 23.7 Å². The van der Waals surface area contributed by atoms with Gasteiger partial charge in [0.1, 0.15) is 5.82 Å². The fourth-order valence-electron chi connectivity index (χ4n) is 3.90. The average Bonchev–Trinajstić information content (AvgIpc) is 3.01. The van der Waals surface area contributed by atoms with Crippen LogP contribution in [-0.4, -0.2) is 12.1 Å². The summed E-state index contributed by atoms with van der Waals surface area (Å²) in [5, 5.41) is 3.98. The molecule has 0 bridgehead atoms. The molecular formula is C18H25ClFN. The highest BCUT2D eigenvalue weighted by Crippen LogP contribution is 2.60. The topological polar surface area (TPSA) is 12.0 Å². The van der Waals surface area contributed by atoms with Gasteiger partial charge in [-0.3, -0.25) is 0 Å². The molecule has 3 heteroatoms. The number of hydrogen-bond donors (Lipinski definition) is 1. The molecule has 1 N–H and O–H groups in total. The lowest BCUT2D eigenvalue weighted by Gasteiger charge is -2.35. The van der Waals surface area contributed by atoms with Gasteiger partial charge >= 0.3 is 0 Å². The molecule has 0 spiro atoms. The summed E-state index contributed by atoms with van der Waals surface area (Å²) in [6.45, 7) is 7.60. The summed E-state index contributed by atoms with van der Waals surface area (Å²) in [5.41, 5.74) is 1.33. The van der Waals surface area contributed by atoms with Crippen LogP contribution in [0.1, 0.15) is 45.6 Å². The SMILES string of the molecule is CC(C)(C)NCC1(Cc2cccc(F)c2Cl)CC2CC2C1. The molecule has 2 atom stereocenters. The molecule has 2 aliphatic rings. The van der Waals surface area contributed by atoms with Gasteiger partial charge in [0.05, 0.1) is 5.02 Å². The van der Waals surface area contributed by atoms with Crippen molar-refractivity contribution in [3.63, 3.8) is 0 Å². The maximum atomic E-state index is 13.7. The third-order valence-corrected chi connectivity index (χ3v) is 5.47. The summed E-state index contributed by atoms with van der Waals surface area (Å²) >= 11 is 6.18. The fraction of sp³-hybridized carbons (Fsp3) is 0.667. The van der Waals surface area contributed by atoms with E-state index in [1.165, 1.54) is 25.3 Å². The molecule has 2 aliphatic carbocycles. The van der Waals surface area contributed by atoms with E-state index in [9.17, 15) is 4.39 Å². The number of nitrogens with one attached hydrogen (secondary N) is 1. The van der Waals surface area contributed by atoms with E-state index in [4.69, 9.17) is 11.6 Å². The van der Waals surface area contributed by atoms with Crippen molar-refractivity contribution in [3.8, 4) is 0 Å². The Morgan fingerprint density at radius 2 is 1.95 bits per heavy atom. The number of fused-ring (bicyclic) bond motifs is 1. The van der Waals surface area contributed by atoms with E-state index in [1.807, 2.05) is 6.07 Å². The molecular weight excluding hydrogens is 285 g/mol. The molecule has 0 saturated heterocycles. The first-order valence-corrected chi connectivity index (χ1v) is 8.34. The smallest absolute Gasteiger partial charge is 0.142 e. The molecule has 0 aromatic heterocycles. The van der Waals surface area contributed by atoms with Crippen molar-refractivity contribution < 1.29 is 4.39 Å². The minimum Gasteiger partial charge on any atom is -0.312 e. The maximum absolute atomic E-state index is 13.7. The molecule has 0 aliphatic heterocycles. The van der Waals surface area contributed by atoms with Crippen LogP contribution >= 0.6 is 11.6 Å². The van der Waals surface area contributed by atoms with Crippen molar-refractivity contribution in [2.75, 3.05) is 6.54 Å². The zero-order valence-electron chi connectivity index (χ0n) is 13.2. The van der Waals surface area contributed by atoms with Crippen molar-refractivity contribution >= 4 is 11.6 Å². The maximum Gasteiger partial charge on any atom is 0.142 e. The van der Waals surface area contributed by atoms with E-state index in [-0.39, 0.29) is 16.8 Å². The monoisotopic (exact) mass is 309 g/mol. The standard InChI is InChI=1S/C18H25ClFN/c1-17(2,3)21-11-18(9-13-7-14(13)10-18)8-12-5-4-6-15(20)16(12)19/h4-6,13-14,21H,7-11H2,1-3H3. The third-order valence-electron chi connectivity index (χ3n) is 5.05. The molecule has 3 rings (SSSR count). The first kappa shape index (κ1) is 15.3. The fourth-order valence-corrected chi connectivity index (χ4v) is 4.09. The van der Waals surface area contributed by atoms with Gasteiger partial charge in [-0.2, -0.15) is 0 Å². The molecule has 1 nitrogen and oxygen atoms in total. The summed E-state index contributed by atoms with van der Waals surface area (Å²) in [5.74, 6) is 1.51. The van der Waals surface area contributed by atoms with Crippen LogP contribution in [0.3, 0.4) is 0 Å². The third kappa shape index (κ3) is 3.43. The quantitative estimate of drug-likeness (QED) is 0.840. The Labute approximate surface area is 132 Å². The molecule has 116 valence electrons. The van der Waals surface area contributed by atoms with Crippen LogP contribution in [0.2, 0.25) is 5.02 Å². The van der Waals surface area contributed by atoms with E-state index in [0.29, 0.717) is 5.02 Å². The minimum absolute atomic E-state index is 0.117. The van der Waals surface area contributed by atoms with E-state index in [1.54, 1.807) is 6.07 Å². The summed E-state index contributed by atoms with van der Waals surface area (Å²) < 4.78 is 13.7. The zero-order chi connectivity index (χ0) is 15.3. The van der Waals surface area contributed by atoms with Gasteiger partial charge < -0.3 is 5.32 Å². The highest BCUT2D eigenvalue weighted by atomic mass is 35.5. The summed E-state index contributed by atoms with van der Waals surface area (Å²) in [7, 11) is 0. The second-order valence-corrected chi connectivity index (χ2v) is 8.54. The van der Waals surface area contributed by atoms with Gasteiger partial charge in [-0.05, 0) is 75.3 Å². The Bertz CT molecular complexity index is 525. The Morgan fingerprint density at radius 3 is 2.57 bits per heavy atom.